The first kappa shape index (κ1) is 25.9. The number of rotatable bonds is 10. The zero-order chi connectivity index (χ0) is 18.7. The van der Waals surface area contributed by atoms with Crippen molar-refractivity contribution in [2.45, 2.75) is 52.0 Å². The molecule has 7 heteroatoms. The number of guanidine groups is 1. The molecular formula is C19H41IN4O2. The average molecular weight is 484 g/mol. The number of aliphatic imine (C=N–C) groups is 1. The molecule has 1 aliphatic rings. The van der Waals surface area contributed by atoms with E-state index in [1.54, 1.807) is 0 Å². The van der Waals surface area contributed by atoms with E-state index in [1.165, 1.54) is 0 Å². The summed E-state index contributed by atoms with van der Waals surface area (Å²) in [5, 5.41) is 16.1. The molecule has 1 unspecified atom stereocenters. The van der Waals surface area contributed by atoms with Gasteiger partial charge in [-0.15, -0.1) is 24.0 Å². The second-order valence-corrected chi connectivity index (χ2v) is 7.82. The highest BCUT2D eigenvalue weighted by molar-refractivity contribution is 14.0. The molecule has 1 aliphatic heterocycles. The zero-order valence-corrected chi connectivity index (χ0v) is 19.7. The number of hydrogen-bond donors (Lipinski definition) is 3. The Balaban J connectivity index is 0.00000625. The molecule has 0 spiro atoms. The summed E-state index contributed by atoms with van der Waals surface area (Å²) in [6.07, 6.45) is 3.99. The van der Waals surface area contributed by atoms with Crippen LogP contribution in [0.25, 0.3) is 0 Å². The van der Waals surface area contributed by atoms with Crippen LogP contribution in [0, 0.1) is 11.8 Å². The largest absolute Gasteiger partial charge is 0.396 e. The molecule has 0 saturated carbocycles. The SMILES string of the molecule is CCNC(=NCC1(N(C)C)CCOCC1)NCC(CCO)CC(C)C.I. The molecule has 26 heavy (non-hydrogen) atoms. The average Bonchev–Trinajstić information content (AvgIpc) is 2.57. The van der Waals surface area contributed by atoms with Crippen molar-refractivity contribution in [2.75, 3.05) is 53.6 Å². The summed E-state index contributed by atoms with van der Waals surface area (Å²) in [6, 6.07) is 0. The molecule has 6 nitrogen and oxygen atoms in total. The van der Waals surface area contributed by atoms with Gasteiger partial charge in [-0.3, -0.25) is 4.99 Å². The number of halogens is 1. The van der Waals surface area contributed by atoms with Gasteiger partial charge in [-0.05, 0) is 58.5 Å². The molecular weight excluding hydrogens is 443 g/mol. The predicted molar refractivity (Wildman–Crippen MR) is 121 cm³/mol. The quantitative estimate of drug-likeness (QED) is 0.252. The Bertz CT molecular complexity index is 386. The Morgan fingerprint density at radius 3 is 2.38 bits per heavy atom. The summed E-state index contributed by atoms with van der Waals surface area (Å²) < 4.78 is 5.54. The van der Waals surface area contributed by atoms with E-state index in [4.69, 9.17) is 9.73 Å². The lowest BCUT2D eigenvalue weighted by molar-refractivity contribution is -0.00255. The molecule has 0 aliphatic carbocycles. The van der Waals surface area contributed by atoms with Crippen LogP contribution >= 0.6 is 24.0 Å². The number of likely N-dealkylation sites (N-methyl/N-ethyl adjacent to an activating group) is 1. The van der Waals surface area contributed by atoms with Gasteiger partial charge >= 0.3 is 0 Å². The maximum atomic E-state index is 9.30. The van der Waals surface area contributed by atoms with Gasteiger partial charge in [0.05, 0.1) is 6.54 Å². The number of hydrogen-bond acceptors (Lipinski definition) is 4. The molecule has 0 aromatic heterocycles. The fourth-order valence-electron chi connectivity index (χ4n) is 3.46. The van der Waals surface area contributed by atoms with Crippen LogP contribution in [0.2, 0.25) is 0 Å². The van der Waals surface area contributed by atoms with E-state index >= 15 is 0 Å². The Labute approximate surface area is 177 Å². The molecule has 0 amide bonds. The smallest absolute Gasteiger partial charge is 0.191 e. The molecule has 1 heterocycles. The highest BCUT2D eigenvalue weighted by Gasteiger charge is 2.34. The number of aliphatic hydroxyl groups is 1. The van der Waals surface area contributed by atoms with Crippen LogP contribution in [-0.4, -0.2) is 75.1 Å². The third-order valence-corrected chi connectivity index (χ3v) is 5.15. The maximum Gasteiger partial charge on any atom is 0.191 e. The Morgan fingerprint density at radius 2 is 1.88 bits per heavy atom. The molecule has 1 fully saturated rings. The van der Waals surface area contributed by atoms with Crippen LogP contribution in [0.5, 0.6) is 0 Å². The van der Waals surface area contributed by atoms with Crippen LogP contribution < -0.4 is 10.6 Å². The highest BCUT2D eigenvalue weighted by Crippen LogP contribution is 2.26. The molecule has 1 atom stereocenters. The summed E-state index contributed by atoms with van der Waals surface area (Å²) in [5.74, 6) is 1.98. The second-order valence-electron chi connectivity index (χ2n) is 7.82. The molecule has 1 saturated heterocycles. The van der Waals surface area contributed by atoms with E-state index in [2.05, 4.69) is 50.4 Å². The highest BCUT2D eigenvalue weighted by atomic mass is 127. The molecule has 0 bridgehead atoms. The van der Waals surface area contributed by atoms with Crippen molar-refractivity contribution < 1.29 is 9.84 Å². The number of nitrogens with one attached hydrogen (secondary N) is 2. The van der Waals surface area contributed by atoms with E-state index in [0.717, 1.165) is 64.5 Å². The topological polar surface area (TPSA) is 69.1 Å². The van der Waals surface area contributed by atoms with Gasteiger partial charge in [0.2, 0.25) is 0 Å². The monoisotopic (exact) mass is 484 g/mol. The summed E-state index contributed by atoms with van der Waals surface area (Å²) >= 11 is 0. The Kier molecular flexibility index (Phi) is 13.9. The normalized spacial score (nSPS) is 18.5. The summed E-state index contributed by atoms with van der Waals surface area (Å²) in [4.78, 5) is 7.18. The van der Waals surface area contributed by atoms with Crippen molar-refractivity contribution >= 4 is 29.9 Å². The molecule has 0 radical (unpaired) electrons. The van der Waals surface area contributed by atoms with Crippen molar-refractivity contribution in [3.05, 3.63) is 0 Å². The van der Waals surface area contributed by atoms with Crippen LogP contribution in [0.4, 0.5) is 0 Å². The van der Waals surface area contributed by atoms with Crippen LogP contribution in [0.15, 0.2) is 4.99 Å². The van der Waals surface area contributed by atoms with Gasteiger partial charge in [-0.1, -0.05) is 13.8 Å². The van der Waals surface area contributed by atoms with E-state index in [-0.39, 0.29) is 36.1 Å². The second kappa shape index (κ2) is 14.0. The lowest BCUT2D eigenvalue weighted by atomic mass is 9.89. The van der Waals surface area contributed by atoms with Crippen molar-refractivity contribution in [1.29, 1.82) is 0 Å². The van der Waals surface area contributed by atoms with E-state index in [9.17, 15) is 5.11 Å². The molecule has 0 aromatic carbocycles. The van der Waals surface area contributed by atoms with Gasteiger partial charge in [0.15, 0.2) is 5.96 Å². The standard InChI is InChI=1S/C19H40N4O2.HI/c1-6-20-18(21-14-17(7-10-24)13-16(2)3)22-15-19(23(4)5)8-11-25-12-9-19;/h16-17,24H,6-15H2,1-5H3,(H2,20,21,22);1H. The molecule has 156 valence electrons. The van der Waals surface area contributed by atoms with Crippen LogP contribution in [-0.2, 0) is 4.74 Å². The fourth-order valence-corrected chi connectivity index (χ4v) is 3.46. The van der Waals surface area contributed by atoms with Crippen molar-refractivity contribution in [1.82, 2.24) is 15.5 Å². The van der Waals surface area contributed by atoms with E-state index in [0.29, 0.717) is 11.8 Å². The van der Waals surface area contributed by atoms with Crippen molar-refractivity contribution in [3.63, 3.8) is 0 Å². The van der Waals surface area contributed by atoms with Crippen LogP contribution in [0.3, 0.4) is 0 Å². The lowest BCUT2D eigenvalue weighted by Gasteiger charge is -2.41. The summed E-state index contributed by atoms with van der Waals surface area (Å²) in [5.41, 5.74) is 0.0863. The summed E-state index contributed by atoms with van der Waals surface area (Å²) in [6.45, 7) is 10.9. The number of nitrogens with zero attached hydrogens (tertiary/aromatic N) is 2. The van der Waals surface area contributed by atoms with Crippen molar-refractivity contribution in [3.8, 4) is 0 Å². The van der Waals surface area contributed by atoms with Gasteiger partial charge in [0.1, 0.15) is 0 Å². The third-order valence-electron chi connectivity index (χ3n) is 5.15. The van der Waals surface area contributed by atoms with E-state index in [1.807, 2.05) is 0 Å². The minimum atomic E-state index is 0. The van der Waals surface area contributed by atoms with Gasteiger partial charge in [0, 0.05) is 38.4 Å². The van der Waals surface area contributed by atoms with Gasteiger partial charge in [-0.2, -0.15) is 0 Å². The number of ether oxygens (including phenoxy) is 1. The fraction of sp³-hybridized carbons (Fsp3) is 0.947. The number of aliphatic hydroxyl groups excluding tert-OH is 1. The van der Waals surface area contributed by atoms with E-state index < -0.39 is 0 Å². The first-order valence-electron chi connectivity index (χ1n) is 9.81. The predicted octanol–water partition coefficient (Wildman–Crippen LogP) is 2.31. The minimum absolute atomic E-state index is 0. The van der Waals surface area contributed by atoms with Crippen LogP contribution in [0.1, 0.15) is 46.5 Å². The Morgan fingerprint density at radius 1 is 1.23 bits per heavy atom. The first-order chi connectivity index (χ1) is 11.9. The van der Waals surface area contributed by atoms with Gasteiger partial charge < -0.3 is 25.4 Å². The first-order valence-corrected chi connectivity index (χ1v) is 9.81. The van der Waals surface area contributed by atoms with Gasteiger partial charge in [-0.25, -0.2) is 0 Å². The molecule has 3 N–H and O–H groups in total. The zero-order valence-electron chi connectivity index (χ0n) is 17.4. The molecule has 0 aromatic rings. The Hall–Kier alpha value is -0.120. The maximum absolute atomic E-state index is 9.30. The van der Waals surface area contributed by atoms with Gasteiger partial charge in [0.25, 0.3) is 0 Å². The minimum Gasteiger partial charge on any atom is -0.396 e. The summed E-state index contributed by atoms with van der Waals surface area (Å²) in [7, 11) is 4.28. The molecule has 1 rings (SSSR count). The third kappa shape index (κ3) is 9.19. The lowest BCUT2D eigenvalue weighted by Crippen LogP contribution is -2.52. The van der Waals surface area contributed by atoms with Crippen molar-refractivity contribution in [2.24, 2.45) is 16.8 Å².